The van der Waals surface area contributed by atoms with Crippen LogP contribution in [0.25, 0.3) is 0 Å². The third-order valence-corrected chi connectivity index (χ3v) is 6.88. The zero-order chi connectivity index (χ0) is 25.5. The number of rotatable bonds is 3. The van der Waals surface area contributed by atoms with Gasteiger partial charge in [-0.05, 0) is 70.9 Å². The highest BCUT2D eigenvalue weighted by molar-refractivity contribution is 5.87. The number of hydrogen-bond acceptors (Lipinski definition) is 5. The van der Waals surface area contributed by atoms with Crippen LogP contribution in [0.2, 0.25) is 0 Å². The number of piperidine rings is 1. The number of hydrogen-bond donors (Lipinski definition) is 2. The summed E-state index contributed by atoms with van der Waals surface area (Å²) in [6.45, 7) is 9.12. The van der Waals surface area contributed by atoms with Gasteiger partial charge in [-0.15, -0.1) is 0 Å². The Kier molecular flexibility index (Phi) is 9.03. The predicted octanol–water partition coefficient (Wildman–Crippen LogP) is 3.82. The number of likely N-dealkylation sites (tertiary alicyclic amines) is 1. The van der Waals surface area contributed by atoms with Gasteiger partial charge in [-0.1, -0.05) is 31.5 Å². The van der Waals surface area contributed by atoms with Crippen LogP contribution in [-0.2, 0) is 20.7 Å². The fraction of sp³-hybridized carbons (Fsp3) is 0.667. The molecule has 1 spiro atoms. The summed E-state index contributed by atoms with van der Waals surface area (Å²) in [6, 6.07) is 7.46. The van der Waals surface area contributed by atoms with Crippen LogP contribution in [0.15, 0.2) is 24.3 Å². The lowest BCUT2D eigenvalue weighted by Crippen LogP contribution is -2.55. The molecule has 8 heteroatoms. The predicted molar refractivity (Wildman–Crippen MR) is 134 cm³/mol. The summed E-state index contributed by atoms with van der Waals surface area (Å²) >= 11 is 0. The van der Waals surface area contributed by atoms with E-state index in [-0.39, 0.29) is 11.8 Å². The van der Waals surface area contributed by atoms with E-state index in [9.17, 15) is 14.4 Å². The normalized spacial score (nSPS) is 19.8. The van der Waals surface area contributed by atoms with Gasteiger partial charge in [-0.25, -0.2) is 4.79 Å². The highest BCUT2D eigenvalue weighted by Crippen LogP contribution is 2.38. The van der Waals surface area contributed by atoms with Gasteiger partial charge < -0.3 is 25.0 Å². The van der Waals surface area contributed by atoms with Gasteiger partial charge in [0.15, 0.2) is 0 Å². The van der Waals surface area contributed by atoms with Gasteiger partial charge in [0.2, 0.25) is 11.8 Å². The molecule has 0 aromatic heterocycles. The number of alkyl carbamates (subject to hydrolysis) is 1. The molecule has 2 aliphatic heterocycles. The lowest BCUT2D eigenvalue weighted by Gasteiger charge is -2.42. The molecule has 0 radical (unpaired) electrons. The lowest BCUT2D eigenvalue weighted by molar-refractivity contribution is -0.142. The molecule has 0 aliphatic carbocycles. The molecule has 0 bridgehead atoms. The molecule has 8 nitrogen and oxygen atoms in total. The Morgan fingerprint density at radius 2 is 1.89 bits per heavy atom. The van der Waals surface area contributed by atoms with Crippen molar-refractivity contribution in [3.63, 3.8) is 0 Å². The number of fused-ring (bicyclic) bond motifs is 1. The van der Waals surface area contributed by atoms with Gasteiger partial charge in [0.1, 0.15) is 24.0 Å². The molecular formula is C27H41N3O5. The molecule has 1 aromatic carbocycles. The van der Waals surface area contributed by atoms with Gasteiger partial charge >= 0.3 is 6.09 Å². The van der Waals surface area contributed by atoms with E-state index in [0.717, 1.165) is 31.4 Å². The average Bonchev–Trinajstić information content (AvgIpc) is 2.81. The maximum Gasteiger partial charge on any atom is 0.408 e. The quantitative estimate of drug-likeness (QED) is 0.676. The summed E-state index contributed by atoms with van der Waals surface area (Å²) in [5, 5.41) is 5.79. The second kappa shape index (κ2) is 11.8. The third kappa shape index (κ3) is 7.36. The van der Waals surface area contributed by atoms with Crippen LogP contribution in [0.5, 0.6) is 5.75 Å². The van der Waals surface area contributed by atoms with Crippen LogP contribution in [-0.4, -0.2) is 60.7 Å². The van der Waals surface area contributed by atoms with Crippen LogP contribution in [0, 0.1) is 5.41 Å². The van der Waals surface area contributed by atoms with Crippen molar-refractivity contribution in [1.82, 2.24) is 15.5 Å². The van der Waals surface area contributed by atoms with Crippen molar-refractivity contribution in [2.24, 2.45) is 5.41 Å². The fourth-order valence-corrected chi connectivity index (χ4v) is 4.90. The monoisotopic (exact) mass is 487 g/mol. The number of carbonyl (C=O) groups excluding carboxylic acids is 3. The first-order chi connectivity index (χ1) is 16.6. The van der Waals surface area contributed by atoms with Crippen LogP contribution in [0.4, 0.5) is 4.79 Å². The van der Waals surface area contributed by atoms with Crippen LogP contribution in [0.3, 0.4) is 0 Å². The largest absolute Gasteiger partial charge is 0.491 e. The smallest absolute Gasteiger partial charge is 0.408 e. The molecular weight excluding hydrogens is 446 g/mol. The Balaban J connectivity index is 1.60. The van der Waals surface area contributed by atoms with Gasteiger partial charge in [0, 0.05) is 13.1 Å². The fourth-order valence-electron chi connectivity index (χ4n) is 4.90. The molecule has 1 atom stereocenters. The standard InChI is InChI=1S/C27H41N3O5/c1-5-21(29-25(33)35-26(2,3)4)23(31)30-17-14-27(15-18-30)13-9-8-11-20-10-6-7-12-22(20)34-19-16-28-24(27)32/h6-7,10,12,21H,5,8-9,11,13-19H2,1-4H3,(H,28,32)(H,29,33)/t21-/m1/s1. The molecule has 2 heterocycles. The van der Waals surface area contributed by atoms with Crippen molar-refractivity contribution in [2.75, 3.05) is 26.2 Å². The molecule has 3 rings (SSSR count). The van der Waals surface area contributed by atoms with E-state index < -0.39 is 23.2 Å². The number of amides is 3. The third-order valence-electron chi connectivity index (χ3n) is 6.88. The lowest BCUT2D eigenvalue weighted by atomic mass is 9.73. The Hall–Kier alpha value is -2.77. The van der Waals surface area contributed by atoms with E-state index in [0.29, 0.717) is 45.5 Å². The minimum absolute atomic E-state index is 0.0565. The number of nitrogens with zero attached hydrogens (tertiary/aromatic N) is 1. The minimum atomic E-state index is -0.638. The van der Waals surface area contributed by atoms with E-state index in [4.69, 9.17) is 9.47 Å². The number of para-hydroxylation sites is 1. The first-order valence-corrected chi connectivity index (χ1v) is 12.9. The summed E-state index contributed by atoms with van der Waals surface area (Å²) in [4.78, 5) is 40.4. The number of carbonyl (C=O) groups is 3. The number of nitrogens with one attached hydrogen (secondary N) is 2. The van der Waals surface area contributed by atoms with Crippen molar-refractivity contribution in [1.29, 1.82) is 0 Å². The molecule has 2 aliphatic rings. The van der Waals surface area contributed by atoms with Gasteiger partial charge in [-0.3, -0.25) is 9.59 Å². The van der Waals surface area contributed by atoms with Crippen molar-refractivity contribution in [2.45, 2.75) is 84.3 Å². The van der Waals surface area contributed by atoms with Crippen LogP contribution < -0.4 is 15.4 Å². The Bertz CT molecular complexity index is 887. The molecule has 1 fully saturated rings. The van der Waals surface area contributed by atoms with E-state index in [1.807, 2.05) is 25.1 Å². The van der Waals surface area contributed by atoms with Gasteiger partial charge in [0.25, 0.3) is 0 Å². The highest BCUT2D eigenvalue weighted by atomic mass is 16.6. The molecule has 0 saturated carbocycles. The molecule has 35 heavy (non-hydrogen) atoms. The van der Waals surface area contributed by atoms with Crippen molar-refractivity contribution in [3.05, 3.63) is 29.8 Å². The molecule has 1 saturated heterocycles. The van der Waals surface area contributed by atoms with Crippen molar-refractivity contribution in [3.8, 4) is 5.75 Å². The van der Waals surface area contributed by atoms with Crippen molar-refractivity contribution >= 4 is 17.9 Å². The van der Waals surface area contributed by atoms with Gasteiger partial charge in [0.05, 0.1) is 12.0 Å². The maximum atomic E-state index is 13.3. The topological polar surface area (TPSA) is 97.0 Å². The molecule has 3 amide bonds. The summed E-state index contributed by atoms with van der Waals surface area (Å²) in [5.41, 5.74) is 0.101. The first-order valence-electron chi connectivity index (χ1n) is 12.9. The van der Waals surface area contributed by atoms with Crippen LogP contribution >= 0.6 is 0 Å². The zero-order valence-electron chi connectivity index (χ0n) is 21.7. The second-order valence-electron chi connectivity index (χ2n) is 10.6. The number of aryl methyl sites for hydroxylation is 1. The second-order valence-corrected chi connectivity index (χ2v) is 10.6. The Morgan fingerprint density at radius 1 is 1.17 bits per heavy atom. The Labute approximate surface area is 209 Å². The summed E-state index contributed by atoms with van der Waals surface area (Å²) < 4.78 is 11.2. The average molecular weight is 488 g/mol. The minimum Gasteiger partial charge on any atom is -0.491 e. The number of ether oxygens (including phenoxy) is 2. The summed E-state index contributed by atoms with van der Waals surface area (Å²) in [5.74, 6) is 0.835. The first kappa shape index (κ1) is 26.8. The summed E-state index contributed by atoms with van der Waals surface area (Å²) in [6.07, 6.45) is 4.76. The highest BCUT2D eigenvalue weighted by Gasteiger charge is 2.42. The Morgan fingerprint density at radius 3 is 2.57 bits per heavy atom. The molecule has 1 aromatic rings. The van der Waals surface area contributed by atoms with Crippen molar-refractivity contribution < 1.29 is 23.9 Å². The van der Waals surface area contributed by atoms with E-state index in [1.54, 1.807) is 25.7 Å². The van der Waals surface area contributed by atoms with E-state index in [1.165, 1.54) is 5.56 Å². The summed E-state index contributed by atoms with van der Waals surface area (Å²) in [7, 11) is 0. The van der Waals surface area contributed by atoms with Gasteiger partial charge in [-0.2, -0.15) is 0 Å². The SMILES string of the molecule is CC[C@@H](NC(=O)OC(C)(C)C)C(=O)N1CCC2(CCCCc3ccccc3OCCNC2=O)CC1. The molecule has 2 N–H and O–H groups in total. The molecule has 194 valence electrons. The van der Waals surface area contributed by atoms with Crippen LogP contribution in [0.1, 0.15) is 71.8 Å². The van der Waals surface area contributed by atoms with E-state index >= 15 is 0 Å². The number of benzene rings is 1. The maximum absolute atomic E-state index is 13.3. The zero-order valence-corrected chi connectivity index (χ0v) is 21.7. The van der Waals surface area contributed by atoms with E-state index in [2.05, 4.69) is 16.7 Å². The molecule has 0 unspecified atom stereocenters.